The molecule has 1 aromatic rings. The lowest BCUT2D eigenvalue weighted by molar-refractivity contribution is 0.179. The number of hydrogen-bond acceptors (Lipinski definition) is 2. The zero-order valence-corrected chi connectivity index (χ0v) is 10.0. The Balaban J connectivity index is 1.70. The van der Waals surface area contributed by atoms with Crippen LogP contribution in [0.25, 0.3) is 0 Å². The molecular weight excluding hydrogens is 208 g/mol. The average Bonchev–Trinajstić information content (AvgIpc) is 2.99. The molecule has 3 rings (SSSR count). The van der Waals surface area contributed by atoms with Gasteiger partial charge in [-0.05, 0) is 30.7 Å². The van der Waals surface area contributed by atoms with Gasteiger partial charge in [0, 0.05) is 19.0 Å². The molecule has 1 aliphatic heterocycles. The van der Waals surface area contributed by atoms with Crippen molar-refractivity contribution in [3.63, 3.8) is 0 Å². The van der Waals surface area contributed by atoms with Crippen molar-refractivity contribution < 1.29 is 0 Å². The van der Waals surface area contributed by atoms with Crippen LogP contribution in [-0.2, 0) is 6.42 Å². The van der Waals surface area contributed by atoms with Gasteiger partial charge >= 0.3 is 0 Å². The van der Waals surface area contributed by atoms with Gasteiger partial charge in [0.2, 0.25) is 0 Å². The fourth-order valence-corrected chi connectivity index (χ4v) is 3.42. The molecule has 0 N–H and O–H groups in total. The number of hydrogen-bond donors (Lipinski definition) is 0. The maximum Gasteiger partial charge on any atom is 0.102 e. The number of nitriles is 1. The molecule has 0 radical (unpaired) electrons. The van der Waals surface area contributed by atoms with Crippen molar-refractivity contribution in [2.24, 2.45) is 5.92 Å². The predicted octanol–water partition coefficient (Wildman–Crippen LogP) is 2.61. The Hall–Kier alpha value is -1.33. The minimum Gasteiger partial charge on any atom is -0.284 e. The van der Waals surface area contributed by atoms with Gasteiger partial charge in [-0.3, -0.25) is 4.90 Å². The molecule has 2 fully saturated rings. The van der Waals surface area contributed by atoms with Crippen LogP contribution in [-0.4, -0.2) is 23.5 Å². The van der Waals surface area contributed by atoms with Gasteiger partial charge in [-0.15, -0.1) is 0 Å². The van der Waals surface area contributed by atoms with Crippen LogP contribution in [0.5, 0.6) is 0 Å². The second-order valence-corrected chi connectivity index (χ2v) is 5.36. The molecule has 88 valence electrons. The highest BCUT2D eigenvalue weighted by Crippen LogP contribution is 2.38. The highest BCUT2D eigenvalue weighted by molar-refractivity contribution is 5.18. The first-order valence-corrected chi connectivity index (χ1v) is 6.56. The highest BCUT2D eigenvalue weighted by Gasteiger charge is 2.40. The number of piperidine rings is 1. The summed E-state index contributed by atoms with van der Waals surface area (Å²) < 4.78 is 0. The second kappa shape index (κ2) is 4.50. The van der Waals surface area contributed by atoms with Crippen LogP contribution in [0.15, 0.2) is 30.3 Å². The van der Waals surface area contributed by atoms with Crippen molar-refractivity contribution in [3.8, 4) is 6.07 Å². The smallest absolute Gasteiger partial charge is 0.102 e. The molecular formula is C15H18N2. The average molecular weight is 226 g/mol. The summed E-state index contributed by atoms with van der Waals surface area (Å²) in [5, 5.41) is 9.38. The summed E-state index contributed by atoms with van der Waals surface area (Å²) >= 11 is 0. The van der Waals surface area contributed by atoms with Crippen LogP contribution in [0.4, 0.5) is 0 Å². The summed E-state index contributed by atoms with van der Waals surface area (Å²) in [5.41, 5.74) is 1.28. The van der Waals surface area contributed by atoms with Crippen molar-refractivity contribution in [1.82, 2.24) is 4.90 Å². The van der Waals surface area contributed by atoms with Crippen molar-refractivity contribution in [2.45, 2.75) is 37.8 Å². The van der Waals surface area contributed by atoms with E-state index in [1.165, 1.54) is 24.8 Å². The van der Waals surface area contributed by atoms with E-state index in [1.807, 2.05) is 6.07 Å². The Bertz CT molecular complexity index is 420. The number of fused-ring (bicyclic) bond motifs is 2. The van der Waals surface area contributed by atoms with Gasteiger partial charge in [0.05, 0.1) is 6.07 Å². The van der Waals surface area contributed by atoms with E-state index in [0.717, 1.165) is 18.9 Å². The maximum absolute atomic E-state index is 9.38. The summed E-state index contributed by atoms with van der Waals surface area (Å²) in [5.74, 6) is 0.867. The zero-order valence-electron chi connectivity index (χ0n) is 10.0. The minimum atomic E-state index is 0.0766. The first-order chi connectivity index (χ1) is 8.36. The van der Waals surface area contributed by atoms with E-state index in [2.05, 4.69) is 35.2 Å². The third-order valence-electron chi connectivity index (χ3n) is 4.27. The largest absolute Gasteiger partial charge is 0.284 e. The normalized spacial score (nSPS) is 29.1. The van der Waals surface area contributed by atoms with Crippen LogP contribution in [0.3, 0.4) is 0 Å². The summed E-state index contributed by atoms with van der Waals surface area (Å²) in [6.07, 6.45) is 4.88. The summed E-state index contributed by atoms with van der Waals surface area (Å²) in [6.45, 7) is 1.15. The van der Waals surface area contributed by atoms with E-state index in [-0.39, 0.29) is 6.04 Å². The first kappa shape index (κ1) is 10.8. The third kappa shape index (κ3) is 2.08. The molecule has 3 atom stereocenters. The summed E-state index contributed by atoms with van der Waals surface area (Å²) in [4.78, 5) is 2.45. The monoisotopic (exact) mass is 226 g/mol. The third-order valence-corrected chi connectivity index (χ3v) is 4.27. The van der Waals surface area contributed by atoms with Gasteiger partial charge in [0.15, 0.2) is 0 Å². The molecule has 0 spiro atoms. The summed E-state index contributed by atoms with van der Waals surface area (Å²) in [6, 6.07) is 13.7. The Kier molecular flexibility index (Phi) is 2.86. The van der Waals surface area contributed by atoms with Gasteiger partial charge in [-0.1, -0.05) is 30.3 Å². The molecule has 1 aliphatic carbocycles. The Labute approximate surface area is 103 Å². The molecule has 1 heterocycles. The molecule has 1 saturated heterocycles. The van der Waals surface area contributed by atoms with Crippen molar-refractivity contribution in [3.05, 3.63) is 35.9 Å². The van der Waals surface area contributed by atoms with Crippen LogP contribution in [0.1, 0.15) is 24.8 Å². The molecule has 2 aliphatic rings. The predicted molar refractivity (Wildman–Crippen MR) is 67.4 cm³/mol. The number of nitrogens with zero attached hydrogens (tertiary/aromatic N) is 2. The minimum absolute atomic E-state index is 0.0766. The highest BCUT2D eigenvalue weighted by atomic mass is 15.2. The SMILES string of the molecule is N#CC(Cc1ccccc1)N1CC2CCC1C2. The number of rotatable bonds is 3. The van der Waals surface area contributed by atoms with Crippen LogP contribution < -0.4 is 0 Å². The van der Waals surface area contributed by atoms with Gasteiger partial charge in [0.25, 0.3) is 0 Å². The molecule has 2 bridgehead atoms. The standard InChI is InChI=1S/C15H18N2/c16-10-15(8-12-4-2-1-3-5-12)17-11-13-6-7-14(17)9-13/h1-5,13-15H,6-9,11H2. The first-order valence-electron chi connectivity index (χ1n) is 6.56. The summed E-state index contributed by atoms with van der Waals surface area (Å²) in [7, 11) is 0. The molecule has 1 saturated carbocycles. The van der Waals surface area contributed by atoms with E-state index < -0.39 is 0 Å². The van der Waals surface area contributed by atoms with Gasteiger partial charge in [0.1, 0.15) is 6.04 Å². The van der Waals surface area contributed by atoms with Crippen molar-refractivity contribution in [2.75, 3.05) is 6.54 Å². The number of likely N-dealkylation sites (tertiary alicyclic amines) is 1. The van der Waals surface area contributed by atoms with Crippen LogP contribution in [0, 0.1) is 17.2 Å². The zero-order chi connectivity index (χ0) is 11.7. The lowest BCUT2D eigenvalue weighted by atomic mass is 10.0. The topological polar surface area (TPSA) is 27.0 Å². The van der Waals surface area contributed by atoms with E-state index in [4.69, 9.17) is 0 Å². The molecule has 3 unspecified atom stereocenters. The fourth-order valence-electron chi connectivity index (χ4n) is 3.42. The van der Waals surface area contributed by atoms with Crippen LogP contribution >= 0.6 is 0 Å². The number of benzene rings is 1. The molecule has 17 heavy (non-hydrogen) atoms. The van der Waals surface area contributed by atoms with E-state index in [0.29, 0.717) is 6.04 Å². The Morgan fingerprint density at radius 2 is 2.12 bits per heavy atom. The van der Waals surface area contributed by atoms with Crippen molar-refractivity contribution >= 4 is 0 Å². The van der Waals surface area contributed by atoms with Crippen molar-refractivity contribution in [1.29, 1.82) is 5.26 Å². The lowest BCUT2D eigenvalue weighted by Gasteiger charge is -2.30. The quantitative estimate of drug-likeness (QED) is 0.792. The molecule has 2 heteroatoms. The van der Waals surface area contributed by atoms with Gasteiger partial charge < -0.3 is 0 Å². The second-order valence-electron chi connectivity index (χ2n) is 5.36. The molecule has 1 aromatic carbocycles. The Morgan fingerprint density at radius 3 is 2.71 bits per heavy atom. The van der Waals surface area contributed by atoms with E-state index in [1.54, 1.807) is 0 Å². The lowest BCUT2D eigenvalue weighted by Crippen LogP contribution is -2.41. The van der Waals surface area contributed by atoms with Gasteiger partial charge in [-0.25, -0.2) is 0 Å². The maximum atomic E-state index is 9.38. The molecule has 0 aromatic heterocycles. The molecule has 0 amide bonds. The molecule has 2 nitrogen and oxygen atoms in total. The fraction of sp³-hybridized carbons (Fsp3) is 0.533. The Morgan fingerprint density at radius 1 is 1.29 bits per heavy atom. The van der Waals surface area contributed by atoms with E-state index in [9.17, 15) is 5.26 Å². The van der Waals surface area contributed by atoms with E-state index >= 15 is 0 Å². The van der Waals surface area contributed by atoms with Crippen LogP contribution in [0.2, 0.25) is 0 Å². The van der Waals surface area contributed by atoms with Gasteiger partial charge in [-0.2, -0.15) is 5.26 Å².